The van der Waals surface area contributed by atoms with Crippen molar-refractivity contribution in [3.63, 3.8) is 0 Å². The minimum atomic E-state index is -0.968. The lowest BCUT2D eigenvalue weighted by Gasteiger charge is -2.33. The van der Waals surface area contributed by atoms with E-state index in [2.05, 4.69) is 0 Å². The van der Waals surface area contributed by atoms with E-state index in [4.69, 9.17) is 14.3 Å². The summed E-state index contributed by atoms with van der Waals surface area (Å²) in [7, 11) is 0. The van der Waals surface area contributed by atoms with Crippen LogP contribution in [0.25, 0.3) is 0 Å². The molecule has 1 aliphatic heterocycles. The van der Waals surface area contributed by atoms with E-state index in [1.165, 1.54) is 4.90 Å². The van der Waals surface area contributed by atoms with E-state index in [1.54, 1.807) is 6.26 Å². The van der Waals surface area contributed by atoms with E-state index < -0.39 is 5.97 Å². The average molecular weight is 293 g/mol. The van der Waals surface area contributed by atoms with Gasteiger partial charge in [-0.25, -0.2) is 0 Å². The fraction of sp³-hybridized carbons (Fsp3) is 0.600. The van der Waals surface area contributed by atoms with Gasteiger partial charge in [-0.2, -0.15) is 0 Å². The molecule has 0 unspecified atom stereocenters. The van der Waals surface area contributed by atoms with Gasteiger partial charge in [0.2, 0.25) is 5.91 Å². The molecule has 1 amide bonds. The molecule has 2 heterocycles. The Morgan fingerprint density at radius 1 is 1.33 bits per heavy atom. The Kier molecular flexibility index (Phi) is 3.96. The van der Waals surface area contributed by atoms with Gasteiger partial charge in [0, 0.05) is 31.1 Å². The average Bonchev–Trinajstić information content (AvgIpc) is 3.10. The van der Waals surface area contributed by atoms with E-state index in [1.807, 2.05) is 12.1 Å². The summed E-state index contributed by atoms with van der Waals surface area (Å²) in [5.74, 6) is -0.256. The lowest BCUT2D eigenvalue weighted by Crippen LogP contribution is -2.46. The molecule has 1 aromatic heterocycles. The maximum atomic E-state index is 12.6. The first kappa shape index (κ1) is 14.1. The van der Waals surface area contributed by atoms with Crippen LogP contribution in [0.15, 0.2) is 22.8 Å². The number of hydrogen-bond donors (Lipinski definition) is 1. The third-order valence-corrected chi connectivity index (χ3v) is 4.24. The smallest absolute Gasteiger partial charge is 0.323 e. The monoisotopic (exact) mass is 293 g/mol. The summed E-state index contributed by atoms with van der Waals surface area (Å²) in [6.45, 7) is 0.936. The standard InChI is InChI=1S/C15H19NO5/c17-14(18)9-16(10-3-6-20-7-4-10)15(19)12-8-11(12)13-2-1-5-21-13/h1-2,5,10-12H,3-4,6-9H2,(H,17,18)/t11-,12-/m0/s1. The molecule has 6 nitrogen and oxygen atoms in total. The van der Waals surface area contributed by atoms with Gasteiger partial charge in [0.25, 0.3) is 0 Å². The third kappa shape index (κ3) is 3.10. The van der Waals surface area contributed by atoms with Crippen molar-refractivity contribution in [2.75, 3.05) is 19.8 Å². The highest BCUT2D eigenvalue weighted by molar-refractivity contribution is 5.86. The SMILES string of the molecule is O=C(O)CN(C(=O)[C@H]1C[C@@H]1c1ccco1)C1CCOCC1. The first-order chi connectivity index (χ1) is 10.2. The highest BCUT2D eigenvalue weighted by Gasteiger charge is 2.48. The summed E-state index contributed by atoms with van der Waals surface area (Å²) in [6, 6.07) is 3.65. The molecule has 21 heavy (non-hydrogen) atoms. The van der Waals surface area contributed by atoms with E-state index in [-0.39, 0.29) is 30.3 Å². The first-order valence-corrected chi connectivity index (χ1v) is 7.30. The number of nitrogens with zero attached hydrogens (tertiary/aromatic N) is 1. The molecule has 1 saturated heterocycles. The Labute approximate surface area is 122 Å². The molecule has 1 aromatic rings. The zero-order chi connectivity index (χ0) is 14.8. The molecule has 114 valence electrons. The van der Waals surface area contributed by atoms with Crippen molar-refractivity contribution in [3.8, 4) is 0 Å². The maximum Gasteiger partial charge on any atom is 0.323 e. The minimum Gasteiger partial charge on any atom is -0.480 e. The van der Waals surface area contributed by atoms with Crippen molar-refractivity contribution in [1.29, 1.82) is 0 Å². The van der Waals surface area contributed by atoms with Crippen LogP contribution in [0.3, 0.4) is 0 Å². The molecule has 0 radical (unpaired) electrons. The number of rotatable bonds is 5. The van der Waals surface area contributed by atoms with Gasteiger partial charge in [-0.05, 0) is 31.4 Å². The van der Waals surface area contributed by atoms with Gasteiger partial charge in [0.1, 0.15) is 12.3 Å². The molecule has 1 saturated carbocycles. The second-order valence-electron chi connectivity index (χ2n) is 5.67. The Morgan fingerprint density at radius 2 is 2.10 bits per heavy atom. The molecule has 0 aromatic carbocycles. The van der Waals surface area contributed by atoms with Crippen molar-refractivity contribution >= 4 is 11.9 Å². The van der Waals surface area contributed by atoms with Crippen LogP contribution in [0.1, 0.15) is 30.9 Å². The third-order valence-electron chi connectivity index (χ3n) is 4.24. The van der Waals surface area contributed by atoms with Crippen molar-refractivity contribution in [2.24, 2.45) is 5.92 Å². The zero-order valence-electron chi connectivity index (χ0n) is 11.7. The number of amides is 1. The van der Waals surface area contributed by atoms with E-state index >= 15 is 0 Å². The van der Waals surface area contributed by atoms with Crippen molar-refractivity contribution < 1.29 is 23.8 Å². The van der Waals surface area contributed by atoms with Crippen molar-refractivity contribution in [3.05, 3.63) is 24.2 Å². The van der Waals surface area contributed by atoms with Crippen LogP contribution in [-0.2, 0) is 14.3 Å². The Bertz CT molecular complexity index is 506. The van der Waals surface area contributed by atoms with Gasteiger partial charge < -0.3 is 19.2 Å². The maximum absolute atomic E-state index is 12.6. The lowest BCUT2D eigenvalue weighted by molar-refractivity contribution is -0.148. The summed E-state index contributed by atoms with van der Waals surface area (Å²) in [5, 5.41) is 9.07. The van der Waals surface area contributed by atoms with Gasteiger partial charge in [0.15, 0.2) is 0 Å². The predicted octanol–water partition coefficient (Wildman–Crippen LogP) is 1.48. The van der Waals surface area contributed by atoms with Crippen molar-refractivity contribution in [2.45, 2.75) is 31.2 Å². The first-order valence-electron chi connectivity index (χ1n) is 7.30. The van der Waals surface area contributed by atoms with Gasteiger partial charge in [-0.1, -0.05) is 0 Å². The number of carboxylic acid groups (broad SMARTS) is 1. The van der Waals surface area contributed by atoms with Crippen LogP contribution in [-0.4, -0.2) is 47.7 Å². The van der Waals surface area contributed by atoms with E-state index in [0.29, 0.717) is 26.1 Å². The number of carbonyl (C=O) groups is 2. The molecular formula is C15H19NO5. The van der Waals surface area contributed by atoms with Crippen LogP contribution < -0.4 is 0 Å². The molecule has 1 N–H and O–H groups in total. The number of carbonyl (C=O) groups excluding carboxylic acids is 1. The van der Waals surface area contributed by atoms with Crippen molar-refractivity contribution in [1.82, 2.24) is 4.90 Å². The van der Waals surface area contributed by atoms with Crippen LogP contribution >= 0.6 is 0 Å². The van der Waals surface area contributed by atoms with Gasteiger partial charge in [0.05, 0.1) is 6.26 Å². The fourth-order valence-corrected chi connectivity index (χ4v) is 3.03. The Balaban J connectivity index is 1.68. The molecule has 1 aliphatic carbocycles. The summed E-state index contributed by atoms with van der Waals surface area (Å²) < 4.78 is 10.6. The Morgan fingerprint density at radius 3 is 2.71 bits per heavy atom. The number of furan rings is 1. The van der Waals surface area contributed by atoms with Crippen LogP contribution in [0.5, 0.6) is 0 Å². The number of aliphatic carboxylic acids is 1. The second kappa shape index (κ2) is 5.89. The molecule has 0 spiro atoms. The largest absolute Gasteiger partial charge is 0.480 e. The molecule has 0 bridgehead atoms. The van der Waals surface area contributed by atoms with Gasteiger partial charge in [-0.3, -0.25) is 9.59 Å². The highest BCUT2D eigenvalue weighted by Crippen LogP contribution is 2.49. The van der Waals surface area contributed by atoms with Gasteiger partial charge in [-0.15, -0.1) is 0 Å². The molecule has 3 rings (SSSR count). The summed E-state index contributed by atoms with van der Waals surface area (Å²) in [5.41, 5.74) is 0. The highest BCUT2D eigenvalue weighted by atomic mass is 16.5. The van der Waals surface area contributed by atoms with Crippen LogP contribution in [0.2, 0.25) is 0 Å². The van der Waals surface area contributed by atoms with Gasteiger partial charge >= 0.3 is 5.97 Å². The molecule has 2 aliphatic rings. The zero-order valence-corrected chi connectivity index (χ0v) is 11.7. The summed E-state index contributed by atoms with van der Waals surface area (Å²) >= 11 is 0. The number of hydrogen-bond acceptors (Lipinski definition) is 4. The topological polar surface area (TPSA) is 80.0 Å². The number of ether oxygens (including phenoxy) is 1. The Hall–Kier alpha value is -1.82. The normalized spacial score (nSPS) is 25.5. The minimum absolute atomic E-state index is 0.0276. The molecule has 2 atom stereocenters. The summed E-state index contributed by atoms with van der Waals surface area (Å²) in [6.07, 6.45) is 3.75. The number of carboxylic acids is 1. The fourth-order valence-electron chi connectivity index (χ4n) is 3.03. The predicted molar refractivity (Wildman–Crippen MR) is 72.7 cm³/mol. The van der Waals surface area contributed by atoms with E-state index in [9.17, 15) is 9.59 Å². The van der Waals surface area contributed by atoms with E-state index in [0.717, 1.165) is 12.2 Å². The molecule has 2 fully saturated rings. The quantitative estimate of drug-likeness (QED) is 0.889. The lowest BCUT2D eigenvalue weighted by atomic mass is 10.1. The second-order valence-corrected chi connectivity index (χ2v) is 5.67. The molecule has 6 heteroatoms. The van der Waals surface area contributed by atoms with Crippen LogP contribution in [0, 0.1) is 5.92 Å². The molecular weight excluding hydrogens is 274 g/mol. The summed E-state index contributed by atoms with van der Waals surface area (Å²) in [4.78, 5) is 25.2. The van der Waals surface area contributed by atoms with Crippen LogP contribution in [0.4, 0.5) is 0 Å².